The average Bonchev–Trinajstić information content (AvgIpc) is 3.25. The number of aromatic nitrogens is 2. The molecule has 1 saturated heterocycles. The number of anilines is 1. The lowest BCUT2D eigenvalue weighted by atomic mass is 9.98. The first-order valence-corrected chi connectivity index (χ1v) is 10.2. The molecule has 0 aliphatic carbocycles. The van der Waals surface area contributed by atoms with Gasteiger partial charge in [-0.1, -0.05) is 41.9 Å². The number of halogens is 1. The molecule has 1 aromatic heterocycles. The van der Waals surface area contributed by atoms with Gasteiger partial charge in [0, 0.05) is 29.4 Å². The van der Waals surface area contributed by atoms with E-state index in [1.807, 2.05) is 41.3 Å². The van der Waals surface area contributed by atoms with Gasteiger partial charge in [-0.25, -0.2) is 4.79 Å². The molecule has 7 heteroatoms. The Balaban J connectivity index is 1.44. The van der Waals surface area contributed by atoms with Gasteiger partial charge in [0.25, 0.3) is 0 Å². The molecule has 0 spiro atoms. The van der Waals surface area contributed by atoms with Crippen LogP contribution in [0.5, 0.6) is 0 Å². The molecular formula is C22H23ClN4O2. The van der Waals surface area contributed by atoms with Crippen LogP contribution >= 0.6 is 11.6 Å². The van der Waals surface area contributed by atoms with Gasteiger partial charge < -0.3 is 14.7 Å². The van der Waals surface area contributed by atoms with Gasteiger partial charge in [-0.3, -0.25) is 0 Å². The summed E-state index contributed by atoms with van der Waals surface area (Å²) >= 11 is 5.94. The number of benzene rings is 2. The maximum Gasteiger partial charge on any atom is 0.321 e. The van der Waals surface area contributed by atoms with Crippen molar-refractivity contribution in [1.29, 1.82) is 0 Å². The largest absolute Gasteiger partial charge is 0.339 e. The number of aryl methyl sites for hydroxylation is 1. The molecule has 1 aliphatic rings. The smallest absolute Gasteiger partial charge is 0.321 e. The van der Waals surface area contributed by atoms with Crippen LogP contribution in [0.4, 0.5) is 10.5 Å². The van der Waals surface area contributed by atoms with E-state index in [9.17, 15) is 4.79 Å². The Morgan fingerprint density at radius 1 is 1.24 bits per heavy atom. The summed E-state index contributed by atoms with van der Waals surface area (Å²) in [5.41, 5.74) is 2.84. The van der Waals surface area contributed by atoms with Gasteiger partial charge >= 0.3 is 6.03 Å². The number of urea groups is 1. The van der Waals surface area contributed by atoms with E-state index in [4.69, 9.17) is 16.1 Å². The monoisotopic (exact) mass is 410 g/mol. The molecule has 1 N–H and O–H groups in total. The van der Waals surface area contributed by atoms with E-state index in [1.165, 1.54) is 0 Å². The van der Waals surface area contributed by atoms with Gasteiger partial charge in [-0.2, -0.15) is 4.98 Å². The molecule has 2 heterocycles. The maximum absolute atomic E-state index is 12.8. The fourth-order valence-corrected chi connectivity index (χ4v) is 3.75. The van der Waals surface area contributed by atoms with Crippen LogP contribution in [0.1, 0.15) is 37.1 Å². The van der Waals surface area contributed by atoms with E-state index in [2.05, 4.69) is 22.4 Å². The average molecular weight is 411 g/mol. The molecule has 1 atom stereocenters. The summed E-state index contributed by atoms with van der Waals surface area (Å²) in [5.74, 6) is 1.14. The molecule has 150 valence electrons. The van der Waals surface area contributed by atoms with Crippen molar-refractivity contribution in [3.63, 3.8) is 0 Å². The zero-order valence-electron chi connectivity index (χ0n) is 16.3. The van der Waals surface area contributed by atoms with Gasteiger partial charge in [-0.05, 0) is 55.2 Å². The molecule has 1 fully saturated rings. The van der Waals surface area contributed by atoms with Crippen molar-refractivity contribution >= 4 is 23.3 Å². The van der Waals surface area contributed by atoms with Gasteiger partial charge in [-0.15, -0.1) is 0 Å². The first-order chi connectivity index (χ1) is 14.1. The number of amides is 2. The summed E-state index contributed by atoms with van der Waals surface area (Å²) in [4.78, 5) is 19.2. The highest BCUT2D eigenvalue weighted by Gasteiger charge is 2.29. The molecule has 2 aromatic carbocycles. The zero-order valence-corrected chi connectivity index (χ0v) is 17.0. The van der Waals surface area contributed by atoms with Crippen LogP contribution in [-0.2, 0) is 6.42 Å². The third kappa shape index (κ3) is 4.43. The van der Waals surface area contributed by atoms with E-state index in [1.54, 1.807) is 12.1 Å². The number of hydrogen-bond donors (Lipinski definition) is 1. The number of carbonyl (C=O) groups excluding carboxylic acids is 1. The van der Waals surface area contributed by atoms with Crippen molar-refractivity contribution in [2.75, 3.05) is 18.4 Å². The quantitative estimate of drug-likeness (QED) is 0.628. The van der Waals surface area contributed by atoms with Crippen molar-refractivity contribution < 1.29 is 9.32 Å². The second-order valence-corrected chi connectivity index (χ2v) is 7.63. The van der Waals surface area contributed by atoms with Crippen LogP contribution in [0, 0.1) is 0 Å². The number of nitrogens with zero attached hydrogens (tertiary/aromatic N) is 3. The molecular weight excluding hydrogens is 388 g/mol. The minimum atomic E-state index is -0.0898. The molecule has 0 unspecified atom stereocenters. The Morgan fingerprint density at radius 3 is 2.83 bits per heavy atom. The predicted octanol–water partition coefficient (Wildman–Crippen LogP) is 5.36. The molecule has 3 aromatic rings. The fourth-order valence-electron chi connectivity index (χ4n) is 3.63. The first kappa shape index (κ1) is 19.5. The molecule has 0 saturated carbocycles. The van der Waals surface area contributed by atoms with Crippen LogP contribution in [0.3, 0.4) is 0 Å². The summed E-state index contributed by atoms with van der Waals surface area (Å²) in [6, 6.07) is 15.1. The second-order valence-electron chi connectivity index (χ2n) is 7.19. The summed E-state index contributed by atoms with van der Waals surface area (Å²) in [6.45, 7) is 3.35. The molecule has 1 aliphatic heterocycles. The standard InChI is InChI=1S/C22H23ClN4O2/c1-2-15-6-3-4-8-19(15)24-22(28)27-13-5-7-17(14-27)21-25-20(26-29-21)16-9-11-18(23)12-10-16/h3-4,6,8-12,17H,2,5,7,13-14H2,1H3,(H,24,28)/t17-/m1/s1. The van der Waals surface area contributed by atoms with Crippen LogP contribution in [0.15, 0.2) is 53.1 Å². The summed E-state index contributed by atoms with van der Waals surface area (Å²) in [6.07, 6.45) is 2.68. The number of carbonyl (C=O) groups is 1. The number of rotatable bonds is 4. The number of hydrogen-bond acceptors (Lipinski definition) is 4. The van der Waals surface area contributed by atoms with Crippen molar-refractivity contribution in [2.45, 2.75) is 32.1 Å². The predicted molar refractivity (Wildman–Crippen MR) is 113 cm³/mol. The summed E-state index contributed by atoms with van der Waals surface area (Å²) < 4.78 is 5.52. The third-order valence-electron chi connectivity index (χ3n) is 5.24. The molecule has 29 heavy (non-hydrogen) atoms. The number of likely N-dealkylation sites (tertiary alicyclic amines) is 1. The van der Waals surface area contributed by atoms with Crippen molar-refractivity contribution in [1.82, 2.24) is 15.0 Å². The Bertz CT molecular complexity index is 986. The topological polar surface area (TPSA) is 71.3 Å². The molecule has 6 nitrogen and oxygen atoms in total. The zero-order chi connectivity index (χ0) is 20.2. The summed E-state index contributed by atoms with van der Waals surface area (Å²) in [5, 5.41) is 7.81. The normalized spacial score (nSPS) is 16.6. The van der Waals surface area contributed by atoms with Crippen molar-refractivity contribution in [3.05, 3.63) is 65.0 Å². The lowest BCUT2D eigenvalue weighted by Crippen LogP contribution is -2.41. The van der Waals surface area contributed by atoms with E-state index in [0.29, 0.717) is 23.3 Å². The van der Waals surface area contributed by atoms with Gasteiger partial charge in [0.2, 0.25) is 11.7 Å². The van der Waals surface area contributed by atoms with E-state index in [0.717, 1.165) is 42.6 Å². The number of piperidine rings is 1. The van der Waals surface area contributed by atoms with E-state index < -0.39 is 0 Å². The minimum Gasteiger partial charge on any atom is -0.339 e. The highest BCUT2D eigenvalue weighted by Crippen LogP contribution is 2.28. The fraction of sp³-hybridized carbons (Fsp3) is 0.318. The van der Waals surface area contributed by atoms with Crippen LogP contribution in [0.2, 0.25) is 5.02 Å². The first-order valence-electron chi connectivity index (χ1n) is 9.87. The van der Waals surface area contributed by atoms with Crippen LogP contribution < -0.4 is 5.32 Å². The SMILES string of the molecule is CCc1ccccc1NC(=O)N1CCC[C@@H](c2nc(-c3ccc(Cl)cc3)no2)C1. The highest BCUT2D eigenvalue weighted by atomic mass is 35.5. The highest BCUT2D eigenvalue weighted by molar-refractivity contribution is 6.30. The second kappa shape index (κ2) is 8.66. The molecule has 4 rings (SSSR count). The Kier molecular flexibility index (Phi) is 5.81. The van der Waals surface area contributed by atoms with Crippen LogP contribution in [-0.4, -0.2) is 34.2 Å². The minimum absolute atomic E-state index is 0.0319. The Hall–Kier alpha value is -2.86. The Labute approximate surface area is 174 Å². The third-order valence-corrected chi connectivity index (χ3v) is 5.49. The lowest BCUT2D eigenvalue weighted by molar-refractivity contribution is 0.184. The number of nitrogens with one attached hydrogen (secondary N) is 1. The van der Waals surface area contributed by atoms with Crippen LogP contribution in [0.25, 0.3) is 11.4 Å². The van der Waals surface area contributed by atoms with E-state index >= 15 is 0 Å². The summed E-state index contributed by atoms with van der Waals surface area (Å²) in [7, 11) is 0. The molecule has 0 bridgehead atoms. The van der Waals surface area contributed by atoms with Crippen molar-refractivity contribution in [2.24, 2.45) is 0 Å². The van der Waals surface area contributed by atoms with Crippen molar-refractivity contribution in [3.8, 4) is 11.4 Å². The Morgan fingerprint density at radius 2 is 2.03 bits per heavy atom. The molecule has 0 radical (unpaired) electrons. The van der Waals surface area contributed by atoms with E-state index in [-0.39, 0.29) is 11.9 Å². The lowest BCUT2D eigenvalue weighted by Gasteiger charge is -2.31. The molecule has 2 amide bonds. The maximum atomic E-state index is 12.8. The van der Waals surface area contributed by atoms with Gasteiger partial charge in [0.15, 0.2) is 0 Å². The van der Waals surface area contributed by atoms with Gasteiger partial charge in [0.05, 0.1) is 5.92 Å². The number of para-hydroxylation sites is 1. The van der Waals surface area contributed by atoms with Gasteiger partial charge in [0.1, 0.15) is 0 Å².